The Kier molecular flexibility index (Phi) is 4.35. The number of hydrogen-bond donors (Lipinski definition) is 3. The third-order valence-electron chi connectivity index (χ3n) is 5.13. The van der Waals surface area contributed by atoms with Gasteiger partial charge in [0.05, 0.1) is 18.2 Å². The lowest BCUT2D eigenvalue weighted by molar-refractivity contribution is 0.142. The molecule has 3 aromatic rings. The number of aliphatic hydroxyl groups excluding tert-OH is 1. The van der Waals surface area contributed by atoms with Crippen LogP contribution in [0.1, 0.15) is 35.7 Å². The van der Waals surface area contributed by atoms with E-state index in [2.05, 4.69) is 28.8 Å². The van der Waals surface area contributed by atoms with Crippen molar-refractivity contribution in [1.82, 2.24) is 10.6 Å². The minimum absolute atomic E-state index is 0.144. The van der Waals surface area contributed by atoms with E-state index in [0.29, 0.717) is 6.42 Å². The van der Waals surface area contributed by atoms with E-state index in [9.17, 15) is 9.90 Å². The Morgan fingerprint density at radius 3 is 2.65 bits per heavy atom. The average molecular weight is 346 g/mol. The van der Waals surface area contributed by atoms with E-state index >= 15 is 0 Å². The molecule has 0 aromatic heterocycles. The van der Waals surface area contributed by atoms with Gasteiger partial charge in [-0.25, -0.2) is 4.79 Å². The molecule has 3 unspecified atom stereocenters. The van der Waals surface area contributed by atoms with Crippen molar-refractivity contribution in [3.8, 4) is 0 Å². The van der Waals surface area contributed by atoms with Crippen molar-refractivity contribution in [2.45, 2.75) is 31.5 Å². The molecule has 1 aliphatic carbocycles. The third kappa shape index (κ3) is 3.04. The second-order valence-corrected chi connectivity index (χ2v) is 6.86. The smallest absolute Gasteiger partial charge is 0.315 e. The van der Waals surface area contributed by atoms with Crippen LogP contribution in [0.15, 0.2) is 66.7 Å². The number of fused-ring (bicyclic) bond motifs is 2. The molecule has 4 nitrogen and oxygen atoms in total. The van der Waals surface area contributed by atoms with Gasteiger partial charge in [-0.3, -0.25) is 0 Å². The van der Waals surface area contributed by atoms with Crippen LogP contribution in [0.4, 0.5) is 4.79 Å². The van der Waals surface area contributed by atoms with Crippen molar-refractivity contribution < 1.29 is 9.90 Å². The van der Waals surface area contributed by atoms with Gasteiger partial charge in [0.15, 0.2) is 0 Å². The highest BCUT2D eigenvalue weighted by molar-refractivity contribution is 5.86. The van der Waals surface area contributed by atoms with E-state index in [-0.39, 0.29) is 18.1 Å². The van der Waals surface area contributed by atoms with E-state index in [1.165, 1.54) is 0 Å². The molecule has 3 atom stereocenters. The molecule has 0 radical (unpaired) electrons. The summed E-state index contributed by atoms with van der Waals surface area (Å²) in [7, 11) is 0. The first-order valence-electron chi connectivity index (χ1n) is 8.94. The van der Waals surface area contributed by atoms with Gasteiger partial charge in [0, 0.05) is 6.42 Å². The molecule has 0 aliphatic heterocycles. The number of carbonyl (C=O) groups is 1. The van der Waals surface area contributed by atoms with Gasteiger partial charge in [0.25, 0.3) is 0 Å². The van der Waals surface area contributed by atoms with Gasteiger partial charge in [-0.15, -0.1) is 0 Å². The number of hydrogen-bond acceptors (Lipinski definition) is 2. The molecular weight excluding hydrogens is 324 g/mol. The highest BCUT2D eigenvalue weighted by Gasteiger charge is 2.32. The van der Waals surface area contributed by atoms with Gasteiger partial charge in [-0.05, 0) is 34.4 Å². The molecule has 4 rings (SSSR count). The Labute approximate surface area is 152 Å². The Hall–Kier alpha value is -2.85. The van der Waals surface area contributed by atoms with Crippen LogP contribution in [-0.4, -0.2) is 17.2 Å². The largest absolute Gasteiger partial charge is 0.390 e. The van der Waals surface area contributed by atoms with Crippen LogP contribution in [-0.2, 0) is 6.42 Å². The van der Waals surface area contributed by atoms with Crippen molar-refractivity contribution in [2.24, 2.45) is 0 Å². The summed E-state index contributed by atoms with van der Waals surface area (Å²) in [5.74, 6) is 0. The fraction of sp³-hybridized carbons (Fsp3) is 0.227. The zero-order valence-corrected chi connectivity index (χ0v) is 14.6. The van der Waals surface area contributed by atoms with E-state index in [4.69, 9.17) is 0 Å². The van der Waals surface area contributed by atoms with Gasteiger partial charge in [0.2, 0.25) is 0 Å². The highest BCUT2D eigenvalue weighted by atomic mass is 16.3. The second-order valence-electron chi connectivity index (χ2n) is 6.86. The molecule has 0 saturated heterocycles. The molecule has 0 saturated carbocycles. The Balaban J connectivity index is 1.50. The monoisotopic (exact) mass is 346 g/mol. The second kappa shape index (κ2) is 6.81. The van der Waals surface area contributed by atoms with Gasteiger partial charge < -0.3 is 15.7 Å². The standard InChI is InChI=1S/C22H22N2O2/c1-14(17-12-6-9-15-7-2-4-10-18(15)17)23-22(26)24-21-19-11-5-3-8-16(19)13-20(21)25/h2-12,14,20-21,25H,13H2,1H3,(H2,23,24,26). The predicted octanol–water partition coefficient (Wildman–Crippen LogP) is 3.86. The van der Waals surface area contributed by atoms with Gasteiger partial charge >= 0.3 is 6.03 Å². The molecule has 4 heteroatoms. The van der Waals surface area contributed by atoms with Crippen LogP contribution in [0.2, 0.25) is 0 Å². The number of nitrogens with one attached hydrogen (secondary N) is 2. The van der Waals surface area contributed by atoms with E-state index in [1.54, 1.807) is 0 Å². The Bertz CT molecular complexity index is 948. The van der Waals surface area contributed by atoms with Crippen LogP contribution in [0, 0.1) is 0 Å². The van der Waals surface area contributed by atoms with Crippen molar-refractivity contribution in [3.05, 3.63) is 83.4 Å². The molecule has 3 aromatic carbocycles. The first kappa shape index (κ1) is 16.6. The third-order valence-corrected chi connectivity index (χ3v) is 5.13. The lowest BCUT2D eigenvalue weighted by Crippen LogP contribution is -2.41. The number of aliphatic hydroxyl groups is 1. The van der Waals surface area contributed by atoms with Crippen LogP contribution in [0.3, 0.4) is 0 Å². The zero-order chi connectivity index (χ0) is 18.1. The SMILES string of the molecule is CC(NC(=O)NC1c2ccccc2CC1O)c1cccc2ccccc12. The molecule has 132 valence electrons. The van der Waals surface area contributed by atoms with Crippen LogP contribution in [0.25, 0.3) is 10.8 Å². The summed E-state index contributed by atoms with van der Waals surface area (Å²) in [6.45, 7) is 1.97. The number of carbonyl (C=O) groups excluding carboxylic acids is 1. The maximum atomic E-state index is 12.5. The molecule has 0 bridgehead atoms. The van der Waals surface area contributed by atoms with Crippen molar-refractivity contribution in [2.75, 3.05) is 0 Å². The van der Waals surface area contributed by atoms with Gasteiger partial charge in [0.1, 0.15) is 0 Å². The minimum atomic E-state index is -0.592. The van der Waals surface area contributed by atoms with Crippen molar-refractivity contribution in [1.29, 1.82) is 0 Å². The van der Waals surface area contributed by atoms with Crippen molar-refractivity contribution >= 4 is 16.8 Å². The molecule has 0 spiro atoms. The first-order valence-corrected chi connectivity index (χ1v) is 8.94. The first-order chi connectivity index (χ1) is 12.6. The Morgan fingerprint density at radius 1 is 1.04 bits per heavy atom. The van der Waals surface area contributed by atoms with Crippen molar-refractivity contribution in [3.63, 3.8) is 0 Å². The van der Waals surface area contributed by atoms with Crippen LogP contribution >= 0.6 is 0 Å². The van der Waals surface area contributed by atoms with Crippen LogP contribution in [0.5, 0.6) is 0 Å². The predicted molar refractivity (Wildman–Crippen MR) is 103 cm³/mol. The quantitative estimate of drug-likeness (QED) is 0.674. The van der Waals surface area contributed by atoms with E-state index in [1.807, 2.05) is 55.5 Å². The summed E-state index contributed by atoms with van der Waals surface area (Å²) in [4.78, 5) is 12.5. The molecule has 3 N–H and O–H groups in total. The molecule has 2 amide bonds. The van der Waals surface area contributed by atoms with E-state index < -0.39 is 6.10 Å². The maximum Gasteiger partial charge on any atom is 0.315 e. The summed E-state index contributed by atoms with van der Waals surface area (Å²) >= 11 is 0. The summed E-state index contributed by atoms with van der Waals surface area (Å²) in [5, 5.41) is 18.5. The molecule has 0 fully saturated rings. The topological polar surface area (TPSA) is 61.4 Å². The summed E-state index contributed by atoms with van der Waals surface area (Å²) in [5.41, 5.74) is 3.16. The fourth-order valence-corrected chi connectivity index (χ4v) is 3.83. The summed E-state index contributed by atoms with van der Waals surface area (Å²) in [6.07, 6.45) is -0.0222. The molecular formula is C22H22N2O2. The van der Waals surface area contributed by atoms with Gasteiger partial charge in [-0.1, -0.05) is 66.7 Å². The number of benzene rings is 3. The molecule has 0 heterocycles. The maximum absolute atomic E-state index is 12.5. The average Bonchev–Trinajstić information content (AvgIpc) is 2.96. The lowest BCUT2D eigenvalue weighted by Gasteiger charge is -2.21. The number of urea groups is 1. The number of rotatable bonds is 3. The summed E-state index contributed by atoms with van der Waals surface area (Å²) in [6, 6.07) is 21.3. The normalized spacial score (nSPS) is 19.8. The molecule has 1 aliphatic rings. The molecule has 26 heavy (non-hydrogen) atoms. The van der Waals surface area contributed by atoms with Gasteiger partial charge in [-0.2, -0.15) is 0 Å². The van der Waals surface area contributed by atoms with E-state index in [0.717, 1.165) is 27.5 Å². The van der Waals surface area contributed by atoms with Crippen LogP contribution < -0.4 is 10.6 Å². The number of amides is 2. The fourth-order valence-electron chi connectivity index (χ4n) is 3.83. The zero-order valence-electron chi connectivity index (χ0n) is 14.6. The summed E-state index contributed by atoms with van der Waals surface area (Å²) < 4.78 is 0. The highest BCUT2D eigenvalue weighted by Crippen LogP contribution is 2.31. The Morgan fingerprint density at radius 2 is 1.77 bits per heavy atom. The lowest BCUT2D eigenvalue weighted by atomic mass is 10.00. The minimum Gasteiger partial charge on any atom is -0.390 e.